The number of rotatable bonds is 2. The molecule has 2 heteroatoms. The molecule has 0 spiro atoms. The molecule has 1 rings (SSSR count). The van der Waals surface area contributed by atoms with Crippen molar-refractivity contribution in [2.45, 2.75) is 25.2 Å². The Kier molecular flexibility index (Phi) is 7.60. The number of hydrogen-bond acceptors (Lipinski definition) is 2. The second-order valence-corrected chi connectivity index (χ2v) is 3.41. The zero-order valence-electron chi connectivity index (χ0n) is 8.83. The van der Waals surface area contributed by atoms with Gasteiger partial charge in [0.1, 0.15) is 5.75 Å². The largest absolute Gasteiger partial charge is 0.496 e. The average molecular weight is 198 g/mol. The monoisotopic (exact) mass is 198 g/mol. The minimum absolute atomic E-state index is 0.954. The summed E-state index contributed by atoms with van der Waals surface area (Å²) in [6, 6.07) is 7.99. The third kappa shape index (κ3) is 4.83. The van der Waals surface area contributed by atoms with Crippen LogP contribution >= 0.6 is 11.8 Å². The molecule has 0 aliphatic heterocycles. The van der Waals surface area contributed by atoms with E-state index in [1.54, 1.807) is 18.9 Å². The fourth-order valence-electron chi connectivity index (χ4n) is 0.787. The van der Waals surface area contributed by atoms with Gasteiger partial charge < -0.3 is 4.74 Å². The highest BCUT2D eigenvalue weighted by Gasteiger charge is 1.96. The van der Waals surface area contributed by atoms with Crippen molar-refractivity contribution in [2.24, 2.45) is 0 Å². The van der Waals surface area contributed by atoms with Crippen LogP contribution in [0.25, 0.3) is 0 Å². The van der Waals surface area contributed by atoms with Crippen LogP contribution in [0.4, 0.5) is 0 Å². The normalized spacial score (nSPS) is 8.62. The summed E-state index contributed by atoms with van der Waals surface area (Å²) in [6.45, 7) is 4.25. The van der Waals surface area contributed by atoms with E-state index in [-0.39, 0.29) is 0 Å². The van der Waals surface area contributed by atoms with Crippen molar-refractivity contribution < 1.29 is 4.74 Å². The summed E-state index contributed by atoms with van der Waals surface area (Å²) in [7, 11) is 1.69. The molecule has 0 aliphatic carbocycles. The highest BCUT2D eigenvalue weighted by atomic mass is 32.2. The first-order valence-electron chi connectivity index (χ1n) is 4.47. The molecule has 13 heavy (non-hydrogen) atoms. The molecule has 1 aromatic rings. The third-order valence-corrected chi connectivity index (χ3v) is 2.07. The van der Waals surface area contributed by atoms with Gasteiger partial charge in [-0.25, -0.2) is 0 Å². The number of methoxy groups -OCH3 is 1. The van der Waals surface area contributed by atoms with Gasteiger partial charge in [-0.3, -0.25) is 0 Å². The van der Waals surface area contributed by atoms with Gasteiger partial charge in [-0.1, -0.05) is 32.4 Å². The van der Waals surface area contributed by atoms with E-state index in [0.717, 1.165) is 5.75 Å². The number of benzene rings is 1. The van der Waals surface area contributed by atoms with Crippen LogP contribution in [0.1, 0.15) is 20.3 Å². The molecule has 0 bridgehead atoms. The van der Waals surface area contributed by atoms with Gasteiger partial charge in [0.2, 0.25) is 0 Å². The van der Waals surface area contributed by atoms with Crippen LogP contribution in [0.3, 0.4) is 0 Å². The van der Waals surface area contributed by atoms with E-state index in [1.165, 1.54) is 11.3 Å². The van der Waals surface area contributed by atoms with E-state index in [4.69, 9.17) is 4.74 Å². The Bertz CT molecular complexity index is 200. The molecule has 0 N–H and O–H groups in total. The van der Waals surface area contributed by atoms with Gasteiger partial charge in [0.25, 0.3) is 0 Å². The highest BCUT2D eigenvalue weighted by molar-refractivity contribution is 7.98. The summed E-state index contributed by atoms with van der Waals surface area (Å²) in [5, 5.41) is 0. The predicted octanol–water partition coefficient (Wildman–Crippen LogP) is 3.83. The molecule has 0 aromatic heterocycles. The van der Waals surface area contributed by atoms with Gasteiger partial charge in [-0.15, -0.1) is 11.8 Å². The second-order valence-electron chi connectivity index (χ2n) is 2.56. The smallest absolute Gasteiger partial charge is 0.132 e. The fourth-order valence-corrected chi connectivity index (χ4v) is 1.35. The SMILES string of the molecule is CCC.COc1ccccc1SC. The van der Waals surface area contributed by atoms with E-state index < -0.39 is 0 Å². The lowest BCUT2D eigenvalue weighted by Crippen LogP contribution is -1.83. The van der Waals surface area contributed by atoms with Gasteiger partial charge in [0.15, 0.2) is 0 Å². The first kappa shape index (κ1) is 12.4. The lowest BCUT2D eigenvalue weighted by atomic mass is 10.3. The summed E-state index contributed by atoms with van der Waals surface area (Å²) in [4.78, 5) is 1.19. The summed E-state index contributed by atoms with van der Waals surface area (Å²) in [5.41, 5.74) is 0. The van der Waals surface area contributed by atoms with Crippen LogP contribution < -0.4 is 4.74 Å². The van der Waals surface area contributed by atoms with Crippen molar-refractivity contribution in [3.05, 3.63) is 24.3 Å². The van der Waals surface area contributed by atoms with Gasteiger partial charge in [0.05, 0.1) is 7.11 Å². The average Bonchev–Trinajstić information content (AvgIpc) is 2.19. The minimum Gasteiger partial charge on any atom is -0.496 e. The first-order valence-corrected chi connectivity index (χ1v) is 5.69. The quantitative estimate of drug-likeness (QED) is 0.668. The van der Waals surface area contributed by atoms with Crippen LogP contribution in [-0.2, 0) is 0 Å². The number of hydrogen-bond donors (Lipinski definition) is 0. The number of thioether (sulfide) groups is 1. The van der Waals surface area contributed by atoms with E-state index in [0.29, 0.717) is 0 Å². The predicted molar refractivity (Wildman–Crippen MR) is 60.7 cm³/mol. The molecule has 74 valence electrons. The Morgan fingerprint density at radius 1 is 1.23 bits per heavy atom. The van der Waals surface area contributed by atoms with Crippen LogP contribution in [-0.4, -0.2) is 13.4 Å². The van der Waals surface area contributed by atoms with E-state index >= 15 is 0 Å². The lowest BCUT2D eigenvalue weighted by Gasteiger charge is -2.03. The maximum absolute atomic E-state index is 5.12. The Balaban J connectivity index is 0.000000424. The lowest BCUT2D eigenvalue weighted by molar-refractivity contribution is 0.405. The number of ether oxygens (including phenoxy) is 1. The van der Waals surface area contributed by atoms with Crippen LogP contribution in [0, 0.1) is 0 Å². The minimum atomic E-state index is 0.954. The zero-order valence-corrected chi connectivity index (χ0v) is 9.65. The first-order chi connectivity index (χ1) is 6.29. The third-order valence-electron chi connectivity index (χ3n) is 1.29. The molecule has 0 atom stereocenters. The zero-order chi connectivity index (χ0) is 10.1. The van der Waals surface area contributed by atoms with Crippen LogP contribution in [0.15, 0.2) is 29.2 Å². The van der Waals surface area contributed by atoms with Crippen LogP contribution in [0.2, 0.25) is 0 Å². The summed E-state index contributed by atoms with van der Waals surface area (Å²) < 4.78 is 5.12. The van der Waals surface area contributed by atoms with Gasteiger partial charge in [-0.05, 0) is 18.4 Å². The van der Waals surface area contributed by atoms with Gasteiger partial charge in [0, 0.05) is 4.90 Å². The van der Waals surface area contributed by atoms with Gasteiger partial charge in [-0.2, -0.15) is 0 Å². The molecular formula is C11H18OS. The van der Waals surface area contributed by atoms with Crippen molar-refractivity contribution in [2.75, 3.05) is 13.4 Å². The summed E-state index contributed by atoms with van der Waals surface area (Å²) in [6.07, 6.45) is 3.29. The topological polar surface area (TPSA) is 9.23 Å². The maximum Gasteiger partial charge on any atom is 0.132 e. The molecule has 1 nitrogen and oxygen atoms in total. The van der Waals surface area contributed by atoms with Crippen LogP contribution in [0.5, 0.6) is 5.75 Å². The Labute approximate surface area is 85.5 Å². The molecular weight excluding hydrogens is 180 g/mol. The Morgan fingerprint density at radius 2 is 1.77 bits per heavy atom. The highest BCUT2D eigenvalue weighted by Crippen LogP contribution is 2.25. The van der Waals surface area contributed by atoms with Crippen molar-refractivity contribution in [1.29, 1.82) is 0 Å². The molecule has 0 amide bonds. The Hall–Kier alpha value is -0.630. The van der Waals surface area contributed by atoms with E-state index in [1.807, 2.05) is 30.5 Å². The molecule has 0 heterocycles. The van der Waals surface area contributed by atoms with E-state index in [9.17, 15) is 0 Å². The molecule has 0 radical (unpaired) electrons. The number of para-hydroxylation sites is 1. The molecule has 0 saturated carbocycles. The van der Waals surface area contributed by atoms with Gasteiger partial charge >= 0.3 is 0 Å². The molecule has 0 unspecified atom stereocenters. The van der Waals surface area contributed by atoms with Crippen molar-refractivity contribution in [1.82, 2.24) is 0 Å². The molecule has 1 aromatic carbocycles. The molecule has 0 aliphatic rings. The second kappa shape index (κ2) is 7.99. The standard InChI is InChI=1S/C8H10OS.C3H8/c1-9-7-5-3-4-6-8(7)10-2;1-3-2/h3-6H,1-2H3;3H2,1-2H3. The summed E-state index contributed by atoms with van der Waals surface area (Å²) in [5.74, 6) is 0.954. The summed E-state index contributed by atoms with van der Waals surface area (Å²) >= 11 is 1.69. The van der Waals surface area contributed by atoms with Crippen molar-refractivity contribution in [3.8, 4) is 5.75 Å². The Morgan fingerprint density at radius 3 is 2.15 bits per heavy atom. The fraction of sp³-hybridized carbons (Fsp3) is 0.455. The maximum atomic E-state index is 5.12. The van der Waals surface area contributed by atoms with Crippen molar-refractivity contribution in [3.63, 3.8) is 0 Å². The molecule has 0 saturated heterocycles. The molecule has 0 fully saturated rings. The van der Waals surface area contributed by atoms with Crippen molar-refractivity contribution >= 4 is 11.8 Å². The van der Waals surface area contributed by atoms with E-state index in [2.05, 4.69) is 13.8 Å².